The minimum Gasteiger partial charge on any atom is -0.494 e. The van der Waals surface area contributed by atoms with Gasteiger partial charge in [0.05, 0.1) is 13.2 Å². The van der Waals surface area contributed by atoms with Gasteiger partial charge >= 0.3 is 5.97 Å². The van der Waals surface area contributed by atoms with E-state index in [1.54, 1.807) is 0 Å². The third-order valence-corrected chi connectivity index (χ3v) is 5.11. The molecule has 29 heavy (non-hydrogen) atoms. The molecule has 5 heteroatoms. The zero-order valence-electron chi connectivity index (χ0n) is 16.8. The predicted molar refractivity (Wildman–Crippen MR) is 116 cm³/mol. The van der Waals surface area contributed by atoms with Crippen LogP contribution in [0, 0.1) is 0 Å². The van der Waals surface area contributed by atoms with Gasteiger partial charge in [-0.3, -0.25) is 4.79 Å². The SMILES string of the molecule is NCC(N)C(=O)OCCCCCOc1ccc2c(c1)C=C(c1ccccc1)CC2. The van der Waals surface area contributed by atoms with Crippen molar-refractivity contribution in [3.8, 4) is 5.75 Å². The molecular weight excluding hydrogens is 364 g/mol. The van der Waals surface area contributed by atoms with Crippen molar-refractivity contribution in [2.45, 2.75) is 38.1 Å². The third-order valence-electron chi connectivity index (χ3n) is 5.11. The van der Waals surface area contributed by atoms with Crippen molar-refractivity contribution >= 4 is 17.6 Å². The minimum atomic E-state index is -0.723. The molecule has 3 rings (SSSR count). The third kappa shape index (κ3) is 6.17. The first-order valence-corrected chi connectivity index (χ1v) is 10.3. The molecule has 2 aromatic carbocycles. The van der Waals surface area contributed by atoms with Gasteiger partial charge in [-0.1, -0.05) is 42.5 Å². The van der Waals surface area contributed by atoms with Gasteiger partial charge in [0.2, 0.25) is 0 Å². The fourth-order valence-corrected chi connectivity index (χ4v) is 3.38. The van der Waals surface area contributed by atoms with E-state index in [1.807, 2.05) is 6.07 Å². The van der Waals surface area contributed by atoms with E-state index in [1.165, 1.54) is 22.3 Å². The molecular formula is C24H30N2O3. The lowest BCUT2D eigenvalue weighted by Crippen LogP contribution is -2.39. The molecule has 154 valence electrons. The van der Waals surface area contributed by atoms with Crippen LogP contribution in [0.5, 0.6) is 5.75 Å². The molecule has 0 spiro atoms. The average molecular weight is 395 g/mol. The number of nitrogens with two attached hydrogens (primary N) is 2. The summed E-state index contributed by atoms with van der Waals surface area (Å²) < 4.78 is 11.0. The normalized spacial score (nSPS) is 13.9. The molecule has 5 nitrogen and oxygen atoms in total. The largest absolute Gasteiger partial charge is 0.494 e. The maximum atomic E-state index is 11.4. The molecule has 0 aromatic heterocycles. The number of benzene rings is 2. The molecule has 1 aliphatic carbocycles. The Hall–Kier alpha value is -2.63. The minimum absolute atomic E-state index is 0.107. The summed E-state index contributed by atoms with van der Waals surface area (Å²) in [5, 5.41) is 0. The van der Waals surface area contributed by atoms with Crippen LogP contribution in [-0.2, 0) is 16.0 Å². The van der Waals surface area contributed by atoms with E-state index >= 15 is 0 Å². The molecule has 0 aliphatic heterocycles. The number of allylic oxidation sites excluding steroid dienone is 1. The molecule has 4 N–H and O–H groups in total. The number of carbonyl (C=O) groups is 1. The monoisotopic (exact) mass is 394 g/mol. The topological polar surface area (TPSA) is 87.6 Å². The molecule has 1 unspecified atom stereocenters. The second-order valence-electron chi connectivity index (χ2n) is 7.32. The highest BCUT2D eigenvalue weighted by molar-refractivity contribution is 5.84. The number of unbranched alkanes of at least 4 members (excludes halogenated alkanes) is 2. The van der Waals surface area contributed by atoms with Gasteiger partial charge in [-0.2, -0.15) is 0 Å². The van der Waals surface area contributed by atoms with Crippen LogP contribution < -0.4 is 16.2 Å². The fraction of sp³-hybridized carbons (Fsp3) is 0.375. The van der Waals surface area contributed by atoms with Crippen LogP contribution in [0.25, 0.3) is 11.6 Å². The Morgan fingerprint density at radius 2 is 1.79 bits per heavy atom. The van der Waals surface area contributed by atoms with Gasteiger partial charge in [0.25, 0.3) is 0 Å². The van der Waals surface area contributed by atoms with Gasteiger partial charge in [0.1, 0.15) is 11.8 Å². The first-order valence-electron chi connectivity index (χ1n) is 10.3. The molecule has 0 saturated heterocycles. The molecule has 0 fully saturated rings. The van der Waals surface area contributed by atoms with Crippen molar-refractivity contribution in [1.82, 2.24) is 0 Å². The zero-order valence-corrected chi connectivity index (χ0v) is 16.8. The second-order valence-corrected chi connectivity index (χ2v) is 7.32. The lowest BCUT2D eigenvalue weighted by molar-refractivity contribution is -0.145. The summed E-state index contributed by atoms with van der Waals surface area (Å²) in [6.07, 6.45) is 7.03. The summed E-state index contributed by atoms with van der Waals surface area (Å²) in [6, 6.07) is 16.2. The molecule has 1 atom stereocenters. The highest BCUT2D eigenvalue weighted by Crippen LogP contribution is 2.32. The lowest BCUT2D eigenvalue weighted by atomic mass is 9.88. The highest BCUT2D eigenvalue weighted by atomic mass is 16.5. The van der Waals surface area contributed by atoms with Crippen LogP contribution in [0.1, 0.15) is 42.4 Å². The van der Waals surface area contributed by atoms with Gasteiger partial charge < -0.3 is 20.9 Å². The highest BCUT2D eigenvalue weighted by Gasteiger charge is 2.13. The van der Waals surface area contributed by atoms with E-state index in [0.717, 1.165) is 37.9 Å². The Morgan fingerprint density at radius 3 is 2.59 bits per heavy atom. The van der Waals surface area contributed by atoms with Gasteiger partial charge in [-0.25, -0.2) is 0 Å². The number of fused-ring (bicyclic) bond motifs is 1. The van der Waals surface area contributed by atoms with Crippen molar-refractivity contribution in [2.24, 2.45) is 11.5 Å². The summed E-state index contributed by atoms with van der Waals surface area (Å²) in [6.45, 7) is 1.12. The maximum Gasteiger partial charge on any atom is 0.324 e. The van der Waals surface area contributed by atoms with Crippen LogP contribution in [0.3, 0.4) is 0 Å². The van der Waals surface area contributed by atoms with Crippen molar-refractivity contribution in [2.75, 3.05) is 19.8 Å². The number of esters is 1. The molecule has 0 amide bonds. The van der Waals surface area contributed by atoms with E-state index < -0.39 is 12.0 Å². The molecule has 1 aliphatic rings. The molecule has 0 bridgehead atoms. The van der Waals surface area contributed by atoms with Gasteiger partial charge in [0.15, 0.2) is 0 Å². The van der Waals surface area contributed by atoms with Crippen LogP contribution in [-0.4, -0.2) is 31.8 Å². The Balaban J connectivity index is 1.43. The van der Waals surface area contributed by atoms with E-state index in [9.17, 15) is 4.79 Å². The average Bonchev–Trinajstić information content (AvgIpc) is 2.77. The fourth-order valence-electron chi connectivity index (χ4n) is 3.38. The van der Waals surface area contributed by atoms with Crippen LogP contribution >= 0.6 is 0 Å². The van der Waals surface area contributed by atoms with E-state index in [4.69, 9.17) is 20.9 Å². The smallest absolute Gasteiger partial charge is 0.324 e. The number of hydrogen-bond donors (Lipinski definition) is 2. The quantitative estimate of drug-likeness (QED) is 0.475. The van der Waals surface area contributed by atoms with Crippen molar-refractivity contribution < 1.29 is 14.3 Å². The predicted octanol–water partition coefficient (Wildman–Crippen LogP) is 3.55. The summed E-state index contributed by atoms with van der Waals surface area (Å²) in [4.78, 5) is 11.4. The van der Waals surface area contributed by atoms with E-state index in [0.29, 0.717) is 13.2 Å². The molecule has 0 heterocycles. The lowest BCUT2D eigenvalue weighted by Gasteiger charge is -2.18. The number of rotatable bonds is 10. The first-order chi connectivity index (χ1) is 14.2. The van der Waals surface area contributed by atoms with E-state index in [-0.39, 0.29) is 6.54 Å². The number of aryl methyl sites for hydroxylation is 1. The van der Waals surface area contributed by atoms with Gasteiger partial charge in [0, 0.05) is 6.54 Å². The Bertz CT molecular complexity index is 833. The molecule has 0 radical (unpaired) electrons. The second kappa shape index (κ2) is 10.8. The van der Waals surface area contributed by atoms with Gasteiger partial charge in [-0.05, 0) is 66.5 Å². The summed E-state index contributed by atoms with van der Waals surface area (Å²) in [7, 11) is 0. The van der Waals surface area contributed by atoms with Crippen molar-refractivity contribution in [3.05, 3.63) is 65.2 Å². The first kappa shape index (κ1) is 21.1. The van der Waals surface area contributed by atoms with Gasteiger partial charge in [-0.15, -0.1) is 0 Å². The zero-order chi connectivity index (χ0) is 20.5. The summed E-state index contributed by atoms with van der Waals surface area (Å²) in [5.41, 5.74) is 16.1. The number of hydrogen-bond acceptors (Lipinski definition) is 5. The van der Waals surface area contributed by atoms with Crippen molar-refractivity contribution in [1.29, 1.82) is 0 Å². The van der Waals surface area contributed by atoms with Crippen LogP contribution in [0.2, 0.25) is 0 Å². The summed E-state index contributed by atoms with van der Waals surface area (Å²) in [5.74, 6) is 0.468. The van der Waals surface area contributed by atoms with Crippen LogP contribution in [0.4, 0.5) is 0 Å². The maximum absolute atomic E-state index is 11.4. The number of ether oxygens (including phenoxy) is 2. The van der Waals surface area contributed by atoms with E-state index in [2.05, 4.69) is 48.5 Å². The van der Waals surface area contributed by atoms with Crippen molar-refractivity contribution in [3.63, 3.8) is 0 Å². The Kier molecular flexibility index (Phi) is 7.85. The molecule has 0 saturated carbocycles. The number of carbonyl (C=O) groups excluding carboxylic acids is 1. The van der Waals surface area contributed by atoms with Crippen LogP contribution in [0.15, 0.2) is 48.5 Å². The summed E-state index contributed by atoms with van der Waals surface area (Å²) >= 11 is 0. The standard InChI is InChI=1S/C24H30N2O3/c25-17-23(26)24(27)29-14-6-2-5-13-28-22-12-11-19-9-10-20(15-21(19)16-22)18-7-3-1-4-8-18/h1,3-4,7-8,11-12,15-16,23H,2,5-6,9-10,13-14,17,25-26H2. The Morgan fingerprint density at radius 1 is 1.00 bits per heavy atom. The molecule has 2 aromatic rings. The Labute approximate surface area is 172 Å².